The molecule has 0 aliphatic rings. The van der Waals surface area contributed by atoms with Gasteiger partial charge in [-0.3, -0.25) is 14.9 Å². The van der Waals surface area contributed by atoms with E-state index in [2.05, 4.69) is 5.32 Å². The number of hydrogen-bond acceptors (Lipinski definition) is 6. The van der Waals surface area contributed by atoms with E-state index in [1.807, 2.05) is 0 Å². The van der Waals surface area contributed by atoms with Gasteiger partial charge in [-0.15, -0.1) is 11.8 Å². The Kier molecular flexibility index (Phi) is 7.63. The molecule has 0 radical (unpaired) electrons. The molecule has 1 amide bonds. The average Bonchev–Trinajstić information content (AvgIpc) is 2.45. The minimum atomic E-state index is -0.465. The number of aliphatic hydroxyl groups excluding tert-OH is 1. The number of rotatable bonds is 9. The molecule has 8 heteroatoms. The van der Waals surface area contributed by atoms with E-state index in [-0.39, 0.29) is 30.6 Å². The van der Waals surface area contributed by atoms with Crippen molar-refractivity contribution in [2.75, 3.05) is 32.1 Å². The molecule has 7 nitrogen and oxygen atoms in total. The Balaban J connectivity index is 2.22. The Labute approximate surface area is 120 Å². The Bertz CT molecular complexity index is 438. The summed E-state index contributed by atoms with van der Waals surface area (Å²) in [7, 11) is 0. The predicted octanol–water partition coefficient (Wildman–Crippen LogP) is 0.812. The molecule has 110 valence electrons. The molecule has 0 saturated carbocycles. The van der Waals surface area contributed by atoms with Crippen molar-refractivity contribution in [3.05, 3.63) is 34.4 Å². The fraction of sp³-hybridized carbons (Fsp3) is 0.417. The number of carbonyl (C=O) groups is 1. The van der Waals surface area contributed by atoms with Gasteiger partial charge in [-0.2, -0.15) is 0 Å². The van der Waals surface area contributed by atoms with E-state index in [0.29, 0.717) is 13.2 Å². The number of ether oxygens (including phenoxy) is 1. The number of carbonyl (C=O) groups excluding carboxylic acids is 1. The first-order chi connectivity index (χ1) is 9.63. The third-order valence-electron chi connectivity index (χ3n) is 2.22. The number of nitrogens with zero attached hydrogens (tertiary/aromatic N) is 1. The second-order valence-electron chi connectivity index (χ2n) is 3.73. The van der Waals surface area contributed by atoms with Crippen molar-refractivity contribution in [3.63, 3.8) is 0 Å². The lowest BCUT2D eigenvalue weighted by Crippen LogP contribution is -2.29. The van der Waals surface area contributed by atoms with E-state index in [0.717, 1.165) is 4.90 Å². The quantitative estimate of drug-likeness (QED) is 0.303. The van der Waals surface area contributed by atoms with Crippen LogP contribution in [0.2, 0.25) is 0 Å². The van der Waals surface area contributed by atoms with Crippen molar-refractivity contribution in [1.29, 1.82) is 0 Å². The molecule has 0 heterocycles. The van der Waals surface area contributed by atoms with Gasteiger partial charge in [0, 0.05) is 23.6 Å². The third-order valence-corrected chi connectivity index (χ3v) is 3.23. The van der Waals surface area contributed by atoms with Gasteiger partial charge in [0.25, 0.3) is 5.69 Å². The number of nitro groups is 1. The van der Waals surface area contributed by atoms with Gasteiger partial charge in [-0.05, 0) is 12.1 Å². The van der Waals surface area contributed by atoms with E-state index in [4.69, 9.17) is 9.84 Å². The second kappa shape index (κ2) is 9.29. The number of nitro benzene ring substituents is 1. The predicted molar refractivity (Wildman–Crippen MR) is 74.7 cm³/mol. The largest absolute Gasteiger partial charge is 0.394 e. The molecular formula is C12H16N2O5S. The van der Waals surface area contributed by atoms with Gasteiger partial charge in [0.2, 0.25) is 5.91 Å². The van der Waals surface area contributed by atoms with Crippen LogP contribution >= 0.6 is 11.8 Å². The van der Waals surface area contributed by atoms with Crippen molar-refractivity contribution < 1.29 is 19.6 Å². The van der Waals surface area contributed by atoms with Crippen LogP contribution in [0.3, 0.4) is 0 Å². The molecule has 0 aliphatic heterocycles. The van der Waals surface area contributed by atoms with Crippen LogP contribution < -0.4 is 5.32 Å². The molecule has 0 fully saturated rings. The van der Waals surface area contributed by atoms with Crippen LogP contribution in [0.1, 0.15) is 0 Å². The first-order valence-corrected chi connectivity index (χ1v) is 6.94. The van der Waals surface area contributed by atoms with Crippen molar-refractivity contribution in [2.24, 2.45) is 0 Å². The van der Waals surface area contributed by atoms with E-state index >= 15 is 0 Å². The lowest BCUT2D eigenvalue weighted by atomic mass is 10.3. The lowest BCUT2D eigenvalue weighted by molar-refractivity contribution is -0.384. The fourth-order valence-electron chi connectivity index (χ4n) is 1.29. The zero-order valence-corrected chi connectivity index (χ0v) is 11.6. The number of benzene rings is 1. The maximum absolute atomic E-state index is 11.5. The topological polar surface area (TPSA) is 102 Å². The molecule has 1 aromatic carbocycles. The smallest absolute Gasteiger partial charge is 0.269 e. The summed E-state index contributed by atoms with van der Waals surface area (Å²) in [5.41, 5.74) is 0.0276. The Morgan fingerprint density at radius 3 is 2.65 bits per heavy atom. The molecule has 20 heavy (non-hydrogen) atoms. The molecule has 2 N–H and O–H groups in total. The molecule has 1 aromatic rings. The van der Waals surface area contributed by atoms with Gasteiger partial charge in [-0.1, -0.05) is 0 Å². The van der Waals surface area contributed by atoms with Crippen LogP contribution in [0.25, 0.3) is 0 Å². The highest BCUT2D eigenvalue weighted by Gasteiger charge is 2.06. The molecule has 0 unspecified atom stereocenters. The van der Waals surface area contributed by atoms with Gasteiger partial charge in [-0.25, -0.2) is 0 Å². The van der Waals surface area contributed by atoms with Crippen LogP contribution in [0, 0.1) is 10.1 Å². The number of thioether (sulfide) groups is 1. The molecule has 0 spiro atoms. The maximum atomic E-state index is 11.5. The third kappa shape index (κ3) is 6.50. The summed E-state index contributed by atoms with van der Waals surface area (Å²) in [6, 6.07) is 6.03. The monoisotopic (exact) mass is 300 g/mol. The summed E-state index contributed by atoms with van der Waals surface area (Å²) < 4.78 is 5.00. The average molecular weight is 300 g/mol. The zero-order chi connectivity index (χ0) is 14.8. The molecule has 1 rings (SSSR count). The summed E-state index contributed by atoms with van der Waals surface area (Å²) in [5, 5.41) is 21.6. The van der Waals surface area contributed by atoms with Crippen LogP contribution in [0.15, 0.2) is 29.2 Å². The summed E-state index contributed by atoms with van der Waals surface area (Å²) in [4.78, 5) is 22.3. The molecule has 0 aliphatic carbocycles. The van der Waals surface area contributed by atoms with Crippen molar-refractivity contribution >= 4 is 23.4 Å². The highest BCUT2D eigenvalue weighted by Crippen LogP contribution is 2.20. The van der Waals surface area contributed by atoms with E-state index in [1.54, 1.807) is 12.1 Å². The lowest BCUT2D eigenvalue weighted by Gasteiger charge is -2.05. The van der Waals surface area contributed by atoms with Crippen molar-refractivity contribution in [2.45, 2.75) is 4.90 Å². The summed E-state index contributed by atoms with van der Waals surface area (Å²) >= 11 is 1.30. The number of nitrogens with one attached hydrogen (secondary N) is 1. The minimum absolute atomic E-state index is 0.0276. The highest BCUT2D eigenvalue weighted by atomic mass is 32.2. The summed E-state index contributed by atoms with van der Waals surface area (Å²) in [5.74, 6) is 0.0959. The van der Waals surface area contributed by atoms with Crippen molar-refractivity contribution in [1.82, 2.24) is 5.32 Å². The van der Waals surface area contributed by atoms with Crippen molar-refractivity contribution in [3.8, 4) is 0 Å². The normalized spacial score (nSPS) is 10.2. The van der Waals surface area contributed by atoms with Crippen LogP contribution in [0.5, 0.6) is 0 Å². The first-order valence-electron chi connectivity index (χ1n) is 5.96. The first kappa shape index (κ1) is 16.4. The molecule has 0 bridgehead atoms. The molecular weight excluding hydrogens is 284 g/mol. The SMILES string of the molecule is O=C(CSc1ccc([N+](=O)[O-])cc1)NCCOCCO. The minimum Gasteiger partial charge on any atom is -0.394 e. The van der Waals surface area contributed by atoms with Crippen LogP contribution in [-0.4, -0.2) is 48.1 Å². The Morgan fingerprint density at radius 1 is 1.35 bits per heavy atom. The number of aliphatic hydroxyl groups is 1. The molecule has 0 atom stereocenters. The summed E-state index contributed by atoms with van der Waals surface area (Å²) in [6.45, 7) is 0.964. The summed E-state index contributed by atoms with van der Waals surface area (Å²) in [6.07, 6.45) is 0. The maximum Gasteiger partial charge on any atom is 0.269 e. The van der Waals surface area contributed by atoms with Gasteiger partial charge in [0.15, 0.2) is 0 Å². The Morgan fingerprint density at radius 2 is 2.05 bits per heavy atom. The number of amides is 1. The molecule has 0 aromatic heterocycles. The van der Waals surface area contributed by atoms with E-state index < -0.39 is 4.92 Å². The Hall–Kier alpha value is -1.64. The van der Waals surface area contributed by atoms with Gasteiger partial charge in [0.1, 0.15) is 0 Å². The van der Waals surface area contributed by atoms with Crippen LogP contribution in [-0.2, 0) is 9.53 Å². The second-order valence-corrected chi connectivity index (χ2v) is 4.77. The van der Waals surface area contributed by atoms with Gasteiger partial charge in [0.05, 0.1) is 30.5 Å². The fourth-order valence-corrected chi connectivity index (χ4v) is 2.02. The standard InChI is InChI=1S/C12H16N2O5S/c15-6-8-19-7-5-13-12(16)9-20-11-3-1-10(2-4-11)14(17)18/h1-4,15H,5-9H2,(H,13,16). The number of non-ortho nitro benzene ring substituents is 1. The van der Waals surface area contributed by atoms with Crippen LogP contribution in [0.4, 0.5) is 5.69 Å². The van der Waals surface area contributed by atoms with Gasteiger partial charge < -0.3 is 15.2 Å². The van der Waals surface area contributed by atoms with E-state index in [1.165, 1.54) is 23.9 Å². The number of hydrogen-bond donors (Lipinski definition) is 2. The molecule has 0 saturated heterocycles. The highest BCUT2D eigenvalue weighted by molar-refractivity contribution is 8.00. The van der Waals surface area contributed by atoms with E-state index in [9.17, 15) is 14.9 Å². The van der Waals surface area contributed by atoms with Gasteiger partial charge >= 0.3 is 0 Å². The zero-order valence-electron chi connectivity index (χ0n) is 10.8.